The van der Waals surface area contributed by atoms with Crippen LogP contribution in [0.4, 0.5) is 11.4 Å². The van der Waals surface area contributed by atoms with Gasteiger partial charge < -0.3 is 29.7 Å². The summed E-state index contributed by atoms with van der Waals surface area (Å²) in [4.78, 5) is 41.8. The van der Waals surface area contributed by atoms with Crippen LogP contribution >= 0.6 is 0 Å². The van der Waals surface area contributed by atoms with Crippen molar-refractivity contribution < 1.29 is 29.0 Å². The lowest BCUT2D eigenvalue weighted by atomic mass is 10.1. The summed E-state index contributed by atoms with van der Waals surface area (Å²) in [6.45, 7) is 5.50. The first-order valence-electron chi connectivity index (χ1n) is 9.97. The van der Waals surface area contributed by atoms with Gasteiger partial charge in [-0.2, -0.15) is 0 Å². The quantitative estimate of drug-likeness (QED) is 0.632. The molecule has 10 heteroatoms. The normalized spacial score (nSPS) is 17.6. The summed E-state index contributed by atoms with van der Waals surface area (Å²) < 4.78 is 10.1. The van der Waals surface area contributed by atoms with Gasteiger partial charge in [-0.1, -0.05) is 0 Å². The highest BCUT2D eigenvalue weighted by Crippen LogP contribution is 2.24. The third-order valence-electron chi connectivity index (χ3n) is 5.24. The molecule has 0 aliphatic carbocycles. The summed E-state index contributed by atoms with van der Waals surface area (Å²) >= 11 is 0. The van der Waals surface area contributed by atoms with Crippen molar-refractivity contribution in [2.75, 3.05) is 83.0 Å². The monoisotopic (exact) mass is 420 g/mol. The Balaban J connectivity index is 1.58. The SMILES string of the molecule is COCC(=O)Nc1ccc(N2CCN(CC(=O)N3CCOCC3)CC2)cc1C(=O)O. The summed E-state index contributed by atoms with van der Waals surface area (Å²) in [5, 5.41) is 12.1. The number of aromatic carboxylic acids is 1. The van der Waals surface area contributed by atoms with Gasteiger partial charge in [0.1, 0.15) is 6.61 Å². The van der Waals surface area contributed by atoms with E-state index in [1.54, 1.807) is 18.2 Å². The number of amides is 2. The van der Waals surface area contributed by atoms with Crippen LogP contribution in [0.5, 0.6) is 0 Å². The molecule has 2 amide bonds. The van der Waals surface area contributed by atoms with Crippen LogP contribution in [-0.4, -0.2) is 105 Å². The van der Waals surface area contributed by atoms with E-state index in [-0.39, 0.29) is 23.8 Å². The number of nitrogens with one attached hydrogen (secondary N) is 1. The van der Waals surface area contributed by atoms with Gasteiger partial charge in [0.25, 0.3) is 0 Å². The summed E-state index contributed by atoms with van der Waals surface area (Å²) in [7, 11) is 1.40. The van der Waals surface area contributed by atoms with Gasteiger partial charge in [-0.05, 0) is 18.2 Å². The van der Waals surface area contributed by atoms with Crippen LogP contribution in [-0.2, 0) is 19.1 Å². The van der Waals surface area contributed by atoms with Crippen LogP contribution < -0.4 is 10.2 Å². The van der Waals surface area contributed by atoms with Crippen LogP contribution in [0, 0.1) is 0 Å². The maximum Gasteiger partial charge on any atom is 0.337 e. The molecule has 0 bridgehead atoms. The second-order valence-electron chi connectivity index (χ2n) is 7.27. The summed E-state index contributed by atoms with van der Waals surface area (Å²) in [5.74, 6) is -1.40. The van der Waals surface area contributed by atoms with Crippen molar-refractivity contribution in [1.29, 1.82) is 0 Å². The van der Waals surface area contributed by atoms with Crippen molar-refractivity contribution in [3.63, 3.8) is 0 Å². The molecule has 30 heavy (non-hydrogen) atoms. The highest BCUT2D eigenvalue weighted by Gasteiger charge is 2.24. The average molecular weight is 420 g/mol. The number of nitrogens with zero attached hydrogens (tertiary/aromatic N) is 3. The lowest BCUT2D eigenvalue weighted by Gasteiger charge is -2.37. The van der Waals surface area contributed by atoms with E-state index in [9.17, 15) is 19.5 Å². The van der Waals surface area contributed by atoms with E-state index in [4.69, 9.17) is 9.47 Å². The summed E-state index contributed by atoms with van der Waals surface area (Å²) in [6, 6.07) is 4.96. The van der Waals surface area contributed by atoms with Gasteiger partial charge in [0, 0.05) is 52.1 Å². The number of piperazine rings is 1. The van der Waals surface area contributed by atoms with Crippen LogP contribution in [0.2, 0.25) is 0 Å². The third-order valence-corrected chi connectivity index (χ3v) is 5.24. The minimum absolute atomic E-state index is 0.0295. The fourth-order valence-corrected chi connectivity index (χ4v) is 3.60. The van der Waals surface area contributed by atoms with Crippen LogP contribution in [0.1, 0.15) is 10.4 Å². The van der Waals surface area contributed by atoms with E-state index >= 15 is 0 Å². The second-order valence-corrected chi connectivity index (χ2v) is 7.27. The Morgan fingerprint density at radius 3 is 2.43 bits per heavy atom. The van der Waals surface area contributed by atoms with E-state index in [0.29, 0.717) is 59.0 Å². The molecule has 0 spiro atoms. The van der Waals surface area contributed by atoms with E-state index < -0.39 is 11.9 Å². The average Bonchev–Trinajstić information content (AvgIpc) is 2.75. The second kappa shape index (κ2) is 10.4. The van der Waals surface area contributed by atoms with Gasteiger partial charge in [-0.15, -0.1) is 0 Å². The molecule has 2 fully saturated rings. The standard InChI is InChI=1S/C20H28N4O6/c1-29-14-18(25)21-17-3-2-15(12-16(17)20(27)28)23-6-4-22(5-7-23)13-19(26)24-8-10-30-11-9-24/h2-3,12H,4-11,13-14H2,1H3,(H,21,25)(H,27,28). The Morgan fingerprint density at radius 2 is 1.80 bits per heavy atom. The van der Waals surface area contributed by atoms with E-state index in [1.807, 2.05) is 4.90 Å². The maximum atomic E-state index is 12.4. The topological polar surface area (TPSA) is 112 Å². The minimum Gasteiger partial charge on any atom is -0.478 e. The molecule has 10 nitrogen and oxygen atoms in total. The van der Waals surface area contributed by atoms with E-state index in [1.165, 1.54) is 7.11 Å². The van der Waals surface area contributed by atoms with E-state index in [0.717, 1.165) is 5.69 Å². The van der Waals surface area contributed by atoms with Gasteiger partial charge in [0.15, 0.2) is 0 Å². The van der Waals surface area contributed by atoms with Crippen molar-refractivity contribution in [1.82, 2.24) is 9.80 Å². The first-order chi connectivity index (χ1) is 14.5. The maximum absolute atomic E-state index is 12.4. The number of carbonyl (C=O) groups excluding carboxylic acids is 2. The highest BCUT2D eigenvalue weighted by molar-refractivity contribution is 6.01. The number of benzene rings is 1. The largest absolute Gasteiger partial charge is 0.478 e. The smallest absolute Gasteiger partial charge is 0.337 e. The molecule has 164 valence electrons. The molecule has 2 heterocycles. The number of carboxylic acids is 1. The molecule has 2 aliphatic heterocycles. The Bertz CT molecular complexity index is 773. The lowest BCUT2D eigenvalue weighted by molar-refractivity contribution is -0.136. The minimum atomic E-state index is -1.11. The Kier molecular flexibility index (Phi) is 7.61. The van der Waals surface area contributed by atoms with Crippen molar-refractivity contribution in [3.8, 4) is 0 Å². The number of carboxylic acid groups (broad SMARTS) is 1. The van der Waals surface area contributed by atoms with E-state index in [2.05, 4.69) is 15.1 Å². The summed E-state index contributed by atoms with van der Waals surface area (Å²) in [6.07, 6.45) is 0. The Hall–Kier alpha value is -2.69. The molecule has 0 saturated carbocycles. The number of methoxy groups -OCH3 is 1. The molecule has 0 aromatic heterocycles. The highest BCUT2D eigenvalue weighted by atomic mass is 16.5. The van der Waals surface area contributed by atoms with Crippen molar-refractivity contribution >= 4 is 29.2 Å². The molecule has 2 aliphatic rings. The van der Waals surface area contributed by atoms with Gasteiger partial charge in [0.05, 0.1) is 31.0 Å². The molecule has 0 unspecified atom stereocenters. The molecule has 2 N–H and O–H groups in total. The molecule has 0 atom stereocenters. The molecule has 1 aromatic carbocycles. The predicted molar refractivity (Wildman–Crippen MR) is 110 cm³/mol. The molecule has 1 aromatic rings. The zero-order valence-electron chi connectivity index (χ0n) is 17.1. The van der Waals surface area contributed by atoms with Gasteiger partial charge in [-0.3, -0.25) is 14.5 Å². The number of ether oxygens (including phenoxy) is 2. The van der Waals surface area contributed by atoms with Gasteiger partial charge >= 0.3 is 5.97 Å². The molecular weight excluding hydrogens is 392 g/mol. The Morgan fingerprint density at radius 1 is 1.10 bits per heavy atom. The van der Waals surface area contributed by atoms with Crippen molar-refractivity contribution in [2.45, 2.75) is 0 Å². The number of carbonyl (C=O) groups is 3. The Labute approximate surface area is 175 Å². The molecule has 2 saturated heterocycles. The number of rotatable bonds is 7. The molecule has 3 rings (SSSR count). The van der Waals surface area contributed by atoms with Crippen LogP contribution in [0.15, 0.2) is 18.2 Å². The predicted octanol–water partition coefficient (Wildman–Crippen LogP) is -0.0495. The first-order valence-corrected chi connectivity index (χ1v) is 9.97. The number of hydrogen-bond donors (Lipinski definition) is 2. The fourth-order valence-electron chi connectivity index (χ4n) is 3.60. The van der Waals surface area contributed by atoms with Crippen molar-refractivity contribution in [3.05, 3.63) is 23.8 Å². The first kappa shape index (κ1) is 22.0. The number of morpholine rings is 1. The zero-order valence-corrected chi connectivity index (χ0v) is 17.1. The molecule has 0 radical (unpaired) electrons. The van der Waals surface area contributed by atoms with Gasteiger partial charge in [-0.25, -0.2) is 4.79 Å². The summed E-state index contributed by atoms with van der Waals surface area (Å²) in [5.41, 5.74) is 1.04. The van der Waals surface area contributed by atoms with Gasteiger partial charge in [0.2, 0.25) is 11.8 Å². The fraction of sp³-hybridized carbons (Fsp3) is 0.550. The van der Waals surface area contributed by atoms with Crippen LogP contribution in [0.3, 0.4) is 0 Å². The molecular formula is C20H28N4O6. The zero-order chi connectivity index (χ0) is 21.5. The third kappa shape index (κ3) is 5.68. The van der Waals surface area contributed by atoms with Crippen LogP contribution in [0.25, 0.3) is 0 Å². The lowest BCUT2D eigenvalue weighted by Crippen LogP contribution is -2.51. The number of anilines is 2. The van der Waals surface area contributed by atoms with Crippen molar-refractivity contribution in [2.24, 2.45) is 0 Å². The number of hydrogen-bond acceptors (Lipinski definition) is 7.